The van der Waals surface area contributed by atoms with E-state index in [-0.39, 0.29) is 5.75 Å². The quantitative estimate of drug-likeness (QED) is 0.688. The molecule has 2 heterocycles. The second-order valence-electron chi connectivity index (χ2n) is 3.66. The van der Waals surface area contributed by atoms with Crippen LogP contribution in [0.15, 0.2) is 49.1 Å². The summed E-state index contributed by atoms with van der Waals surface area (Å²) in [5, 5.41) is 10.4. The van der Waals surface area contributed by atoms with Gasteiger partial charge in [0.25, 0.3) is 0 Å². The summed E-state index contributed by atoms with van der Waals surface area (Å²) in [7, 11) is 0. The highest BCUT2D eigenvalue weighted by Crippen LogP contribution is 2.27. The maximum Gasteiger partial charge on any atom is 0.116 e. The molecule has 1 N–H and O–H groups in total. The third kappa shape index (κ3) is 1.69. The van der Waals surface area contributed by atoms with Gasteiger partial charge < -0.3 is 5.11 Å². The minimum Gasteiger partial charge on any atom is -0.508 e. The molecule has 82 valence electrons. The van der Waals surface area contributed by atoms with Crippen LogP contribution >= 0.6 is 0 Å². The number of fused-ring (bicyclic) bond motifs is 1. The van der Waals surface area contributed by atoms with Crippen molar-refractivity contribution in [2.24, 2.45) is 0 Å². The van der Waals surface area contributed by atoms with Gasteiger partial charge in [0, 0.05) is 23.3 Å². The van der Waals surface area contributed by atoms with E-state index in [1.54, 1.807) is 30.6 Å². The number of rotatable bonds is 1. The second kappa shape index (κ2) is 3.83. The van der Waals surface area contributed by atoms with E-state index < -0.39 is 0 Å². The summed E-state index contributed by atoms with van der Waals surface area (Å²) in [4.78, 5) is 12.4. The van der Waals surface area contributed by atoms with Gasteiger partial charge in [0.15, 0.2) is 0 Å². The Morgan fingerprint density at radius 3 is 2.59 bits per heavy atom. The van der Waals surface area contributed by atoms with Gasteiger partial charge in [0.2, 0.25) is 0 Å². The lowest BCUT2D eigenvalue weighted by Gasteiger charge is -2.04. The van der Waals surface area contributed by atoms with E-state index in [9.17, 15) is 5.11 Å². The molecule has 0 aliphatic rings. The van der Waals surface area contributed by atoms with Gasteiger partial charge in [0.05, 0.1) is 11.2 Å². The fraction of sp³-hybridized carbons (Fsp3) is 0. The molecule has 0 atom stereocenters. The van der Waals surface area contributed by atoms with Gasteiger partial charge in [-0.1, -0.05) is 0 Å². The second-order valence-corrected chi connectivity index (χ2v) is 3.66. The van der Waals surface area contributed by atoms with Crippen molar-refractivity contribution in [2.75, 3.05) is 0 Å². The summed E-state index contributed by atoms with van der Waals surface area (Å²) < 4.78 is 0. The first-order chi connectivity index (χ1) is 8.34. The summed E-state index contributed by atoms with van der Waals surface area (Å²) in [5.74, 6) is 0.211. The standard InChI is InChI=1S/C13H9N3O/c17-10-1-2-12-11(7-10)13(16-8-15-12)9-3-5-14-6-4-9/h1-8,17H. The third-order valence-corrected chi connectivity index (χ3v) is 2.57. The highest BCUT2D eigenvalue weighted by Gasteiger charge is 2.06. The van der Waals surface area contributed by atoms with E-state index in [1.165, 1.54) is 6.33 Å². The summed E-state index contributed by atoms with van der Waals surface area (Å²) >= 11 is 0. The maximum atomic E-state index is 9.53. The van der Waals surface area contributed by atoms with Gasteiger partial charge in [-0.2, -0.15) is 0 Å². The molecule has 1 aromatic carbocycles. The van der Waals surface area contributed by atoms with Crippen molar-refractivity contribution in [2.45, 2.75) is 0 Å². The first-order valence-electron chi connectivity index (χ1n) is 5.19. The average molecular weight is 223 g/mol. The van der Waals surface area contributed by atoms with Crippen molar-refractivity contribution < 1.29 is 5.11 Å². The molecule has 0 fully saturated rings. The van der Waals surface area contributed by atoms with Crippen LogP contribution in [0.3, 0.4) is 0 Å². The van der Waals surface area contributed by atoms with Crippen LogP contribution in [0.5, 0.6) is 5.75 Å². The Kier molecular flexibility index (Phi) is 2.19. The molecule has 17 heavy (non-hydrogen) atoms. The zero-order chi connectivity index (χ0) is 11.7. The van der Waals surface area contributed by atoms with Crippen LogP contribution in [0.25, 0.3) is 22.2 Å². The SMILES string of the molecule is Oc1ccc2ncnc(-c3ccncc3)c2c1. The fourth-order valence-electron chi connectivity index (χ4n) is 1.78. The number of aromatic hydroxyl groups is 1. The number of phenols is 1. The number of pyridine rings is 1. The smallest absolute Gasteiger partial charge is 0.116 e. The van der Waals surface area contributed by atoms with Crippen LogP contribution in [-0.2, 0) is 0 Å². The molecule has 0 aliphatic heterocycles. The highest BCUT2D eigenvalue weighted by atomic mass is 16.3. The van der Waals surface area contributed by atoms with E-state index in [4.69, 9.17) is 0 Å². The number of aromatic nitrogens is 3. The molecule has 0 saturated heterocycles. The predicted octanol–water partition coefficient (Wildman–Crippen LogP) is 2.40. The maximum absolute atomic E-state index is 9.53. The third-order valence-electron chi connectivity index (χ3n) is 2.57. The van der Waals surface area contributed by atoms with E-state index in [1.807, 2.05) is 12.1 Å². The molecular weight excluding hydrogens is 214 g/mol. The Balaban J connectivity index is 2.33. The van der Waals surface area contributed by atoms with Crippen LogP contribution in [-0.4, -0.2) is 20.1 Å². The first kappa shape index (κ1) is 9.72. The lowest BCUT2D eigenvalue weighted by Crippen LogP contribution is -1.88. The van der Waals surface area contributed by atoms with E-state index in [0.717, 1.165) is 22.2 Å². The van der Waals surface area contributed by atoms with Crippen LogP contribution < -0.4 is 0 Å². The van der Waals surface area contributed by atoms with Crippen LogP contribution in [0.2, 0.25) is 0 Å². The van der Waals surface area contributed by atoms with Crippen molar-refractivity contribution in [1.29, 1.82) is 0 Å². The lowest BCUT2D eigenvalue weighted by atomic mass is 10.1. The zero-order valence-electron chi connectivity index (χ0n) is 8.91. The van der Waals surface area contributed by atoms with Gasteiger partial charge >= 0.3 is 0 Å². The summed E-state index contributed by atoms with van der Waals surface area (Å²) in [6, 6.07) is 8.82. The molecule has 3 aromatic rings. The van der Waals surface area contributed by atoms with Gasteiger partial charge in [0.1, 0.15) is 12.1 Å². The van der Waals surface area contributed by atoms with Crippen molar-refractivity contribution in [3.63, 3.8) is 0 Å². The average Bonchev–Trinajstić information content (AvgIpc) is 2.39. The van der Waals surface area contributed by atoms with Crippen LogP contribution in [0.1, 0.15) is 0 Å². The Hall–Kier alpha value is -2.49. The largest absolute Gasteiger partial charge is 0.508 e. The van der Waals surface area contributed by atoms with Crippen LogP contribution in [0, 0.1) is 0 Å². The predicted molar refractivity (Wildman–Crippen MR) is 64.4 cm³/mol. The monoisotopic (exact) mass is 223 g/mol. The Bertz CT molecular complexity index is 668. The first-order valence-corrected chi connectivity index (χ1v) is 5.19. The number of nitrogens with zero attached hydrogens (tertiary/aromatic N) is 3. The number of hydrogen-bond donors (Lipinski definition) is 1. The fourth-order valence-corrected chi connectivity index (χ4v) is 1.78. The molecule has 0 saturated carbocycles. The number of hydrogen-bond acceptors (Lipinski definition) is 4. The topological polar surface area (TPSA) is 58.9 Å². The molecule has 0 aliphatic carbocycles. The Morgan fingerprint density at radius 2 is 1.76 bits per heavy atom. The van der Waals surface area contributed by atoms with Crippen LogP contribution in [0.4, 0.5) is 0 Å². The number of benzene rings is 1. The lowest BCUT2D eigenvalue weighted by molar-refractivity contribution is 0.476. The normalized spacial score (nSPS) is 10.6. The Labute approximate surface area is 97.6 Å². The molecule has 0 spiro atoms. The number of phenolic OH excluding ortho intramolecular Hbond substituents is 1. The molecular formula is C13H9N3O. The van der Waals surface area contributed by atoms with Gasteiger partial charge in [-0.05, 0) is 30.3 Å². The molecule has 0 radical (unpaired) electrons. The minimum atomic E-state index is 0.211. The summed E-state index contributed by atoms with van der Waals surface area (Å²) in [6.45, 7) is 0. The molecule has 3 rings (SSSR count). The van der Waals surface area contributed by atoms with Crippen molar-refractivity contribution in [3.8, 4) is 17.0 Å². The van der Waals surface area contributed by atoms with E-state index >= 15 is 0 Å². The van der Waals surface area contributed by atoms with Crippen molar-refractivity contribution in [1.82, 2.24) is 15.0 Å². The van der Waals surface area contributed by atoms with Gasteiger partial charge in [-0.3, -0.25) is 4.98 Å². The molecule has 0 bridgehead atoms. The van der Waals surface area contributed by atoms with Gasteiger partial charge in [-0.15, -0.1) is 0 Å². The molecule has 0 amide bonds. The highest BCUT2D eigenvalue weighted by molar-refractivity contribution is 5.92. The molecule has 0 unspecified atom stereocenters. The minimum absolute atomic E-state index is 0.211. The zero-order valence-corrected chi connectivity index (χ0v) is 8.91. The molecule has 4 nitrogen and oxygen atoms in total. The molecule has 4 heteroatoms. The Morgan fingerprint density at radius 1 is 0.941 bits per heavy atom. The molecule has 2 aromatic heterocycles. The van der Waals surface area contributed by atoms with E-state index in [0.29, 0.717) is 0 Å². The van der Waals surface area contributed by atoms with Crippen molar-refractivity contribution in [3.05, 3.63) is 49.1 Å². The summed E-state index contributed by atoms with van der Waals surface area (Å²) in [5.41, 5.74) is 2.57. The summed E-state index contributed by atoms with van der Waals surface area (Å²) in [6.07, 6.45) is 4.95. The van der Waals surface area contributed by atoms with Gasteiger partial charge in [-0.25, -0.2) is 9.97 Å². The van der Waals surface area contributed by atoms with E-state index in [2.05, 4.69) is 15.0 Å². The van der Waals surface area contributed by atoms with Crippen molar-refractivity contribution >= 4 is 10.9 Å².